The van der Waals surface area contributed by atoms with E-state index in [1.165, 1.54) is 6.07 Å². The maximum absolute atomic E-state index is 10.7. The topological polar surface area (TPSA) is 63.0 Å². The molecular weight excluding hydrogens is 154 g/mol. The molecule has 3 nitrogen and oxygen atoms in total. The van der Waals surface area contributed by atoms with Gasteiger partial charge < -0.3 is 5.73 Å². The fourth-order valence-electron chi connectivity index (χ4n) is 1.09. The lowest BCUT2D eigenvalue weighted by Crippen LogP contribution is -2.11. The number of carbonyl (C=O) groups excluding carboxylic acids is 1. The third-order valence-electron chi connectivity index (χ3n) is 1.59. The lowest BCUT2D eigenvalue weighted by Gasteiger charge is -2.00. The Morgan fingerprint density at radius 3 is 2.58 bits per heavy atom. The van der Waals surface area contributed by atoms with Crippen LogP contribution in [0.4, 0.5) is 0 Å². The van der Waals surface area contributed by atoms with Gasteiger partial charge in [0.1, 0.15) is 6.61 Å². The van der Waals surface area contributed by atoms with Gasteiger partial charge in [0, 0.05) is 5.56 Å². The Bertz CT molecular complexity index is 307. The lowest BCUT2D eigenvalue weighted by molar-refractivity contribution is 0.1000. The molecule has 0 saturated carbocycles. The van der Waals surface area contributed by atoms with Crippen LogP contribution in [0.5, 0.6) is 0 Å². The molecule has 0 aliphatic heterocycles. The summed E-state index contributed by atoms with van der Waals surface area (Å²) in [6, 6.07) is 4.95. The van der Waals surface area contributed by atoms with Gasteiger partial charge in [-0.2, -0.15) is 0 Å². The number of primary amides is 1. The van der Waals surface area contributed by atoms with Gasteiger partial charge in [0.05, 0.1) is 0 Å². The molecule has 1 radical (unpaired) electrons. The zero-order chi connectivity index (χ0) is 9.14. The minimum absolute atomic E-state index is 0.317. The SMILES string of the molecule is Cc1cc(C[O])cc(C(N)=O)c1. The molecule has 1 aromatic carbocycles. The molecule has 0 aromatic heterocycles. The summed E-state index contributed by atoms with van der Waals surface area (Å²) < 4.78 is 0. The summed E-state index contributed by atoms with van der Waals surface area (Å²) in [5.74, 6) is -0.492. The average molecular weight is 164 g/mol. The maximum Gasteiger partial charge on any atom is 0.248 e. The van der Waals surface area contributed by atoms with E-state index in [0.717, 1.165) is 5.56 Å². The molecule has 1 amide bonds. The Balaban J connectivity index is 3.15. The monoisotopic (exact) mass is 164 g/mol. The zero-order valence-corrected chi connectivity index (χ0v) is 6.83. The van der Waals surface area contributed by atoms with E-state index in [1.807, 2.05) is 6.92 Å². The van der Waals surface area contributed by atoms with Crippen molar-refractivity contribution < 1.29 is 9.90 Å². The number of hydrogen-bond donors (Lipinski definition) is 1. The fourth-order valence-corrected chi connectivity index (χ4v) is 1.09. The van der Waals surface area contributed by atoms with Crippen LogP contribution in [0.15, 0.2) is 18.2 Å². The number of nitrogens with two attached hydrogens (primary N) is 1. The Morgan fingerprint density at radius 2 is 2.08 bits per heavy atom. The maximum atomic E-state index is 10.7. The van der Waals surface area contributed by atoms with Gasteiger partial charge in [0.15, 0.2) is 0 Å². The van der Waals surface area contributed by atoms with Crippen LogP contribution in [-0.4, -0.2) is 5.91 Å². The van der Waals surface area contributed by atoms with Gasteiger partial charge >= 0.3 is 0 Å². The molecule has 0 heterocycles. The molecule has 0 bridgehead atoms. The van der Waals surface area contributed by atoms with Crippen molar-refractivity contribution in [2.45, 2.75) is 13.5 Å². The van der Waals surface area contributed by atoms with Crippen molar-refractivity contribution >= 4 is 5.91 Å². The highest BCUT2D eigenvalue weighted by atomic mass is 16.3. The first-order chi connectivity index (χ1) is 5.63. The highest BCUT2D eigenvalue weighted by molar-refractivity contribution is 5.93. The summed E-state index contributed by atoms with van der Waals surface area (Å²) in [6.45, 7) is 1.51. The van der Waals surface area contributed by atoms with Crippen LogP contribution in [0.1, 0.15) is 21.5 Å². The molecule has 2 N–H and O–H groups in total. The standard InChI is InChI=1S/C9H10NO2/c1-6-2-7(5-11)4-8(3-6)9(10)12/h2-4H,5H2,1H3,(H2,10,12). The van der Waals surface area contributed by atoms with Crippen molar-refractivity contribution in [3.05, 3.63) is 34.9 Å². The lowest BCUT2D eigenvalue weighted by atomic mass is 10.1. The second-order valence-electron chi connectivity index (χ2n) is 2.72. The summed E-state index contributed by atoms with van der Waals surface area (Å²) in [7, 11) is 0. The largest absolute Gasteiger partial charge is 0.366 e. The molecular formula is C9H10NO2. The first-order valence-electron chi connectivity index (χ1n) is 3.62. The predicted octanol–water partition coefficient (Wildman–Crippen LogP) is 1.02. The second kappa shape index (κ2) is 3.36. The van der Waals surface area contributed by atoms with Crippen LogP contribution in [0, 0.1) is 6.92 Å². The van der Waals surface area contributed by atoms with Crippen molar-refractivity contribution in [1.82, 2.24) is 0 Å². The van der Waals surface area contributed by atoms with E-state index in [4.69, 9.17) is 5.73 Å². The fraction of sp³-hybridized carbons (Fsp3) is 0.222. The number of carbonyl (C=O) groups is 1. The number of aryl methyl sites for hydroxylation is 1. The third-order valence-corrected chi connectivity index (χ3v) is 1.59. The number of amides is 1. The van der Waals surface area contributed by atoms with E-state index in [0.29, 0.717) is 11.1 Å². The molecule has 0 aliphatic rings. The minimum Gasteiger partial charge on any atom is -0.366 e. The third kappa shape index (κ3) is 1.83. The average Bonchev–Trinajstić information content (AvgIpc) is 2.03. The van der Waals surface area contributed by atoms with E-state index in [2.05, 4.69) is 0 Å². The highest BCUT2D eigenvalue weighted by Crippen LogP contribution is 2.09. The van der Waals surface area contributed by atoms with Crippen molar-refractivity contribution in [2.75, 3.05) is 0 Å². The van der Waals surface area contributed by atoms with Crippen LogP contribution >= 0.6 is 0 Å². The molecule has 0 fully saturated rings. The van der Waals surface area contributed by atoms with Crippen LogP contribution < -0.4 is 5.73 Å². The molecule has 0 aliphatic carbocycles. The van der Waals surface area contributed by atoms with Gasteiger partial charge in [-0.15, -0.1) is 0 Å². The smallest absolute Gasteiger partial charge is 0.248 e. The number of rotatable bonds is 2. The normalized spacial score (nSPS) is 9.83. The summed E-state index contributed by atoms with van der Waals surface area (Å²) in [4.78, 5) is 10.7. The van der Waals surface area contributed by atoms with Crippen LogP contribution in [-0.2, 0) is 11.7 Å². The van der Waals surface area contributed by atoms with Crippen LogP contribution in [0.3, 0.4) is 0 Å². The first-order valence-corrected chi connectivity index (χ1v) is 3.62. The minimum atomic E-state index is -0.492. The van der Waals surface area contributed by atoms with E-state index in [1.54, 1.807) is 12.1 Å². The Hall–Kier alpha value is -1.35. The van der Waals surface area contributed by atoms with Crippen molar-refractivity contribution in [3.63, 3.8) is 0 Å². The van der Waals surface area contributed by atoms with E-state index in [9.17, 15) is 9.90 Å². The Kier molecular flexibility index (Phi) is 2.45. The number of hydrogen-bond acceptors (Lipinski definition) is 1. The van der Waals surface area contributed by atoms with Crippen molar-refractivity contribution in [3.8, 4) is 0 Å². The van der Waals surface area contributed by atoms with E-state index >= 15 is 0 Å². The van der Waals surface area contributed by atoms with Crippen molar-refractivity contribution in [1.29, 1.82) is 0 Å². The van der Waals surface area contributed by atoms with Gasteiger partial charge in [-0.1, -0.05) is 6.07 Å². The quantitative estimate of drug-likeness (QED) is 0.697. The zero-order valence-electron chi connectivity index (χ0n) is 6.83. The highest BCUT2D eigenvalue weighted by Gasteiger charge is 2.02. The summed E-state index contributed by atoms with van der Waals surface area (Å²) in [5, 5.41) is 10.5. The molecule has 0 spiro atoms. The molecule has 0 saturated heterocycles. The van der Waals surface area contributed by atoms with Gasteiger partial charge in [0.2, 0.25) is 5.91 Å². The molecule has 0 atom stereocenters. The molecule has 1 rings (SSSR count). The van der Waals surface area contributed by atoms with Gasteiger partial charge in [-0.25, -0.2) is 5.11 Å². The second-order valence-corrected chi connectivity index (χ2v) is 2.72. The van der Waals surface area contributed by atoms with Gasteiger partial charge in [0.25, 0.3) is 0 Å². The van der Waals surface area contributed by atoms with Crippen LogP contribution in [0.2, 0.25) is 0 Å². The Labute approximate surface area is 70.8 Å². The molecule has 63 valence electrons. The first kappa shape index (κ1) is 8.74. The van der Waals surface area contributed by atoms with Gasteiger partial charge in [-0.3, -0.25) is 4.79 Å². The molecule has 0 unspecified atom stereocenters. The number of benzene rings is 1. The van der Waals surface area contributed by atoms with Crippen LogP contribution in [0.25, 0.3) is 0 Å². The summed E-state index contributed by atoms with van der Waals surface area (Å²) >= 11 is 0. The van der Waals surface area contributed by atoms with E-state index in [-0.39, 0.29) is 6.61 Å². The summed E-state index contributed by atoms with van der Waals surface area (Å²) in [6.07, 6.45) is 0. The summed E-state index contributed by atoms with van der Waals surface area (Å²) in [5.41, 5.74) is 6.96. The molecule has 3 heteroatoms. The molecule has 12 heavy (non-hydrogen) atoms. The predicted molar refractivity (Wildman–Crippen MR) is 44.1 cm³/mol. The van der Waals surface area contributed by atoms with E-state index < -0.39 is 5.91 Å². The van der Waals surface area contributed by atoms with Gasteiger partial charge in [-0.05, 0) is 30.2 Å². The Morgan fingerprint density at radius 1 is 1.42 bits per heavy atom. The van der Waals surface area contributed by atoms with Crippen molar-refractivity contribution in [2.24, 2.45) is 5.73 Å². The molecule has 1 aromatic rings.